The minimum atomic E-state index is -4.20. The monoisotopic (exact) mass is 481 g/mol. The number of carbonyl (C=O) groups excluding carboxylic acids is 2. The molecule has 13 heteroatoms. The van der Waals surface area contributed by atoms with Crippen LogP contribution in [0.15, 0.2) is 47.4 Å². The molecule has 0 radical (unpaired) electrons. The Morgan fingerprint density at radius 1 is 1.18 bits per heavy atom. The van der Waals surface area contributed by atoms with Crippen LogP contribution >= 0.6 is 0 Å². The smallest absolute Gasteiger partial charge is 0.338 e. The molecule has 2 aromatic rings. The number of ether oxygens (including phenoxy) is 2. The van der Waals surface area contributed by atoms with E-state index in [2.05, 4.69) is 5.32 Å². The predicted octanol–water partition coefficient (Wildman–Crippen LogP) is 1.94. The van der Waals surface area contributed by atoms with Crippen molar-refractivity contribution < 1.29 is 36.8 Å². The van der Waals surface area contributed by atoms with E-state index in [1.165, 1.54) is 31.2 Å². The summed E-state index contributed by atoms with van der Waals surface area (Å²) in [4.78, 5) is 34.2. The number of morpholine rings is 1. The van der Waals surface area contributed by atoms with E-state index in [1.54, 1.807) is 0 Å². The van der Waals surface area contributed by atoms with Crippen molar-refractivity contribution in [3.05, 3.63) is 64.0 Å². The maximum Gasteiger partial charge on any atom is 0.338 e. The number of hydrogen-bond donors (Lipinski definition) is 1. The van der Waals surface area contributed by atoms with Gasteiger partial charge < -0.3 is 14.8 Å². The first-order chi connectivity index (χ1) is 15.6. The number of amides is 1. The third kappa shape index (κ3) is 5.69. The first-order valence-corrected chi connectivity index (χ1v) is 11.2. The molecule has 2 aromatic carbocycles. The fraction of sp³-hybridized carbons (Fsp3) is 0.300. The van der Waals surface area contributed by atoms with Crippen molar-refractivity contribution in [2.24, 2.45) is 0 Å². The molecule has 33 heavy (non-hydrogen) atoms. The van der Waals surface area contributed by atoms with E-state index in [4.69, 9.17) is 9.47 Å². The van der Waals surface area contributed by atoms with E-state index in [9.17, 15) is 32.5 Å². The highest BCUT2D eigenvalue weighted by Crippen LogP contribution is 2.23. The first kappa shape index (κ1) is 24.2. The first-order valence-electron chi connectivity index (χ1n) is 9.73. The van der Waals surface area contributed by atoms with Crippen LogP contribution in [0.3, 0.4) is 0 Å². The Labute approximate surface area is 188 Å². The average molecular weight is 481 g/mol. The zero-order chi connectivity index (χ0) is 24.2. The Balaban J connectivity index is 1.69. The van der Waals surface area contributed by atoms with E-state index in [0.29, 0.717) is 0 Å². The second-order valence-corrected chi connectivity index (χ2v) is 8.91. The normalized spacial score (nSPS) is 15.5. The maximum absolute atomic E-state index is 14.3. The number of esters is 1. The van der Waals surface area contributed by atoms with Gasteiger partial charge in [-0.25, -0.2) is 17.6 Å². The number of rotatable bonds is 7. The second kappa shape index (κ2) is 10.0. The van der Waals surface area contributed by atoms with Crippen LogP contribution in [0.25, 0.3) is 0 Å². The van der Waals surface area contributed by atoms with Gasteiger partial charge in [0.1, 0.15) is 10.7 Å². The van der Waals surface area contributed by atoms with Gasteiger partial charge in [0, 0.05) is 30.9 Å². The predicted molar refractivity (Wildman–Crippen MR) is 113 cm³/mol. The molecule has 0 spiro atoms. The average Bonchev–Trinajstić information content (AvgIpc) is 2.80. The molecule has 0 saturated carbocycles. The summed E-state index contributed by atoms with van der Waals surface area (Å²) < 4.78 is 51.1. The quantitative estimate of drug-likeness (QED) is 0.359. The third-order valence-corrected chi connectivity index (χ3v) is 6.67. The lowest BCUT2D eigenvalue weighted by atomic mass is 10.2. The standard InChI is InChI=1S/C20H20FN3O8S/c1-13(19(25)22-15-3-5-16(6-4-15)24(27)28)32-20(26)14-2-7-17(21)18(12-14)33(29,30)23-8-10-31-11-9-23/h2-7,12-13H,8-11H2,1H3,(H,22,25). The van der Waals surface area contributed by atoms with Gasteiger partial charge >= 0.3 is 5.97 Å². The number of nitrogens with zero attached hydrogens (tertiary/aromatic N) is 2. The number of nitrogens with one attached hydrogen (secondary N) is 1. The molecular formula is C20H20FN3O8S. The van der Waals surface area contributed by atoms with Gasteiger partial charge in [0.05, 0.1) is 23.7 Å². The van der Waals surface area contributed by atoms with Crippen molar-refractivity contribution >= 4 is 33.3 Å². The van der Waals surface area contributed by atoms with Gasteiger partial charge in [-0.15, -0.1) is 0 Å². The molecule has 0 aliphatic carbocycles. The highest BCUT2D eigenvalue weighted by atomic mass is 32.2. The van der Waals surface area contributed by atoms with Crippen LogP contribution < -0.4 is 5.32 Å². The van der Waals surface area contributed by atoms with Crippen molar-refractivity contribution in [3.8, 4) is 0 Å². The summed E-state index contributed by atoms with van der Waals surface area (Å²) >= 11 is 0. The van der Waals surface area contributed by atoms with Gasteiger partial charge in [0.2, 0.25) is 10.0 Å². The van der Waals surface area contributed by atoms with Crippen LogP contribution in [0.2, 0.25) is 0 Å². The summed E-state index contributed by atoms with van der Waals surface area (Å²) in [7, 11) is -4.20. The molecule has 1 aliphatic rings. The number of carbonyl (C=O) groups is 2. The Kier molecular flexibility index (Phi) is 7.36. The molecule has 0 aromatic heterocycles. The van der Waals surface area contributed by atoms with Crippen molar-refractivity contribution in [3.63, 3.8) is 0 Å². The lowest BCUT2D eigenvalue weighted by Crippen LogP contribution is -2.41. The Morgan fingerprint density at radius 3 is 2.42 bits per heavy atom. The topological polar surface area (TPSA) is 145 Å². The second-order valence-electron chi connectivity index (χ2n) is 7.00. The van der Waals surface area contributed by atoms with Crippen LogP contribution in [-0.4, -0.2) is 61.9 Å². The van der Waals surface area contributed by atoms with Crippen molar-refractivity contribution in [2.45, 2.75) is 17.9 Å². The minimum Gasteiger partial charge on any atom is -0.449 e. The van der Waals surface area contributed by atoms with Crippen molar-refractivity contribution in [1.82, 2.24) is 4.31 Å². The zero-order valence-electron chi connectivity index (χ0n) is 17.4. The molecule has 0 bridgehead atoms. The summed E-state index contributed by atoms with van der Waals surface area (Å²) in [5, 5.41) is 13.1. The van der Waals surface area contributed by atoms with Gasteiger partial charge in [0.15, 0.2) is 6.10 Å². The molecule has 1 amide bonds. The summed E-state index contributed by atoms with van der Waals surface area (Å²) in [6, 6.07) is 7.77. The van der Waals surface area contributed by atoms with Crippen LogP contribution in [-0.2, 0) is 24.3 Å². The van der Waals surface area contributed by atoms with E-state index >= 15 is 0 Å². The number of hydrogen-bond acceptors (Lipinski definition) is 8. The third-order valence-electron chi connectivity index (χ3n) is 4.75. The Bertz CT molecular complexity index is 1160. The van der Waals surface area contributed by atoms with E-state index in [0.717, 1.165) is 22.5 Å². The molecule has 3 rings (SSSR count). The number of halogens is 1. The minimum absolute atomic E-state index is 0.0519. The Hall–Kier alpha value is -3.42. The lowest BCUT2D eigenvalue weighted by molar-refractivity contribution is -0.384. The molecule has 1 heterocycles. The van der Waals surface area contributed by atoms with E-state index < -0.39 is 43.6 Å². The maximum atomic E-state index is 14.3. The molecule has 1 fully saturated rings. The SMILES string of the molecule is CC(OC(=O)c1ccc(F)c(S(=O)(=O)N2CCOCC2)c1)C(=O)Nc1ccc([N+](=O)[O-])cc1. The lowest BCUT2D eigenvalue weighted by Gasteiger charge is -2.26. The zero-order valence-corrected chi connectivity index (χ0v) is 18.2. The van der Waals surface area contributed by atoms with Gasteiger partial charge in [-0.05, 0) is 37.3 Å². The summed E-state index contributed by atoms with van der Waals surface area (Å²) in [5.41, 5.74) is -0.168. The molecule has 176 valence electrons. The van der Waals surface area contributed by atoms with Crippen LogP contribution in [0, 0.1) is 15.9 Å². The van der Waals surface area contributed by atoms with Crippen LogP contribution in [0.4, 0.5) is 15.8 Å². The largest absolute Gasteiger partial charge is 0.449 e. The fourth-order valence-electron chi connectivity index (χ4n) is 2.95. The van der Waals surface area contributed by atoms with Crippen molar-refractivity contribution in [1.29, 1.82) is 0 Å². The number of non-ortho nitro benzene ring substituents is 1. The van der Waals surface area contributed by atoms with Crippen LogP contribution in [0.5, 0.6) is 0 Å². The number of sulfonamides is 1. The summed E-state index contributed by atoms with van der Waals surface area (Å²) in [5.74, 6) is -2.78. The highest BCUT2D eigenvalue weighted by molar-refractivity contribution is 7.89. The molecule has 1 aliphatic heterocycles. The fourth-order valence-corrected chi connectivity index (χ4v) is 4.44. The van der Waals surface area contributed by atoms with E-state index in [-0.39, 0.29) is 43.2 Å². The van der Waals surface area contributed by atoms with Crippen molar-refractivity contribution in [2.75, 3.05) is 31.6 Å². The van der Waals surface area contributed by atoms with Crippen LogP contribution in [0.1, 0.15) is 17.3 Å². The summed E-state index contributed by atoms with van der Waals surface area (Å²) in [6.07, 6.45) is -1.29. The molecule has 11 nitrogen and oxygen atoms in total. The Morgan fingerprint density at radius 2 is 1.82 bits per heavy atom. The molecule has 1 atom stereocenters. The number of nitro benzene ring substituents is 1. The van der Waals surface area contributed by atoms with Gasteiger partial charge in [-0.2, -0.15) is 4.31 Å². The van der Waals surface area contributed by atoms with Gasteiger partial charge in [-0.1, -0.05) is 0 Å². The highest BCUT2D eigenvalue weighted by Gasteiger charge is 2.30. The van der Waals surface area contributed by atoms with Gasteiger partial charge in [0.25, 0.3) is 11.6 Å². The number of benzene rings is 2. The molecular weight excluding hydrogens is 461 g/mol. The van der Waals surface area contributed by atoms with E-state index in [1.807, 2.05) is 0 Å². The number of anilines is 1. The number of nitro groups is 1. The summed E-state index contributed by atoms with van der Waals surface area (Å²) in [6.45, 7) is 1.73. The molecule has 1 unspecified atom stereocenters. The van der Waals surface area contributed by atoms with Gasteiger partial charge in [-0.3, -0.25) is 14.9 Å². The molecule has 1 saturated heterocycles. The molecule has 1 N–H and O–H groups in total.